The molecule has 0 radical (unpaired) electrons. The number of fused-ring (bicyclic) bond motifs is 1. The van der Waals surface area contributed by atoms with Gasteiger partial charge in [-0.1, -0.05) is 27.5 Å². The molecule has 0 unspecified atom stereocenters. The molecule has 2 aromatic rings. The summed E-state index contributed by atoms with van der Waals surface area (Å²) in [6.45, 7) is 0. The molecular weight excluding hydrogens is 364 g/mol. The molecule has 0 saturated carbocycles. The van der Waals surface area contributed by atoms with Crippen molar-refractivity contribution in [2.45, 2.75) is 22.2 Å². The smallest absolute Gasteiger partial charge is 0.140 e. The molecule has 0 saturated heterocycles. The van der Waals surface area contributed by atoms with Crippen molar-refractivity contribution in [3.8, 4) is 0 Å². The number of rotatable bonds is 3. The Morgan fingerprint density at radius 1 is 1.21 bits per heavy atom. The normalized spacial score (nSPS) is 13.6. The van der Waals surface area contributed by atoms with E-state index in [4.69, 9.17) is 11.6 Å². The van der Waals surface area contributed by atoms with Gasteiger partial charge < -0.3 is 0 Å². The fraction of sp³-hybridized carbons (Fsp3) is 0.231. The van der Waals surface area contributed by atoms with Gasteiger partial charge in [-0.15, -0.1) is 11.8 Å². The lowest BCUT2D eigenvalue weighted by molar-refractivity contribution is 0.974. The SMILES string of the molecule is Clc1nc(CSc2ccc(Br)cc2)nc2c1CSC2. The van der Waals surface area contributed by atoms with Crippen LogP contribution in [0, 0.1) is 0 Å². The van der Waals surface area contributed by atoms with Crippen LogP contribution in [0.2, 0.25) is 5.15 Å². The highest BCUT2D eigenvalue weighted by molar-refractivity contribution is 9.10. The molecule has 98 valence electrons. The van der Waals surface area contributed by atoms with Crippen LogP contribution in [0.4, 0.5) is 0 Å². The Morgan fingerprint density at radius 2 is 2.00 bits per heavy atom. The summed E-state index contributed by atoms with van der Waals surface area (Å²) in [5.74, 6) is 3.46. The van der Waals surface area contributed by atoms with Gasteiger partial charge >= 0.3 is 0 Å². The second kappa shape index (κ2) is 6.04. The monoisotopic (exact) mass is 372 g/mol. The van der Waals surface area contributed by atoms with E-state index in [1.165, 1.54) is 4.90 Å². The van der Waals surface area contributed by atoms with E-state index in [1.54, 1.807) is 11.8 Å². The van der Waals surface area contributed by atoms with Crippen LogP contribution in [-0.2, 0) is 17.3 Å². The molecule has 0 bridgehead atoms. The van der Waals surface area contributed by atoms with Crippen LogP contribution in [0.3, 0.4) is 0 Å². The van der Waals surface area contributed by atoms with Crippen molar-refractivity contribution in [2.24, 2.45) is 0 Å². The highest BCUT2D eigenvalue weighted by Crippen LogP contribution is 2.33. The average Bonchev–Trinajstić information content (AvgIpc) is 2.87. The lowest BCUT2D eigenvalue weighted by atomic mass is 10.3. The fourth-order valence-electron chi connectivity index (χ4n) is 1.80. The molecule has 1 aliphatic heterocycles. The van der Waals surface area contributed by atoms with Gasteiger partial charge in [-0.05, 0) is 24.3 Å². The van der Waals surface area contributed by atoms with E-state index in [0.717, 1.165) is 38.8 Å². The minimum atomic E-state index is 0.626. The van der Waals surface area contributed by atoms with Crippen LogP contribution in [0.5, 0.6) is 0 Å². The first kappa shape index (κ1) is 13.7. The summed E-state index contributed by atoms with van der Waals surface area (Å²) in [6, 6.07) is 8.24. The third kappa shape index (κ3) is 3.27. The third-order valence-electron chi connectivity index (χ3n) is 2.76. The lowest BCUT2D eigenvalue weighted by Crippen LogP contribution is -1.99. The number of halogens is 2. The second-order valence-corrected chi connectivity index (χ2v) is 7.40. The molecule has 0 aliphatic carbocycles. The van der Waals surface area contributed by atoms with Gasteiger partial charge in [0.05, 0.1) is 11.4 Å². The van der Waals surface area contributed by atoms with E-state index in [-0.39, 0.29) is 0 Å². The van der Waals surface area contributed by atoms with E-state index in [0.29, 0.717) is 5.15 Å². The average molecular weight is 374 g/mol. The highest BCUT2D eigenvalue weighted by Gasteiger charge is 2.18. The molecule has 0 spiro atoms. The molecule has 19 heavy (non-hydrogen) atoms. The number of hydrogen-bond donors (Lipinski definition) is 0. The zero-order chi connectivity index (χ0) is 13.2. The van der Waals surface area contributed by atoms with Crippen molar-refractivity contribution >= 4 is 51.1 Å². The zero-order valence-corrected chi connectivity index (χ0v) is 13.9. The van der Waals surface area contributed by atoms with Crippen LogP contribution >= 0.6 is 51.1 Å². The molecule has 1 aliphatic rings. The number of nitrogens with zero attached hydrogens (tertiary/aromatic N) is 2. The maximum absolute atomic E-state index is 6.20. The van der Waals surface area contributed by atoms with Gasteiger partial charge in [-0.3, -0.25) is 0 Å². The van der Waals surface area contributed by atoms with Gasteiger partial charge in [0, 0.05) is 26.4 Å². The van der Waals surface area contributed by atoms with Crippen molar-refractivity contribution < 1.29 is 0 Å². The van der Waals surface area contributed by atoms with Crippen molar-refractivity contribution in [1.29, 1.82) is 0 Å². The minimum absolute atomic E-state index is 0.626. The highest BCUT2D eigenvalue weighted by atomic mass is 79.9. The Balaban J connectivity index is 1.73. The summed E-state index contributed by atoms with van der Waals surface area (Å²) in [5, 5.41) is 0.626. The summed E-state index contributed by atoms with van der Waals surface area (Å²) in [4.78, 5) is 10.2. The predicted molar refractivity (Wildman–Crippen MR) is 85.7 cm³/mol. The summed E-state index contributed by atoms with van der Waals surface area (Å²) in [6.07, 6.45) is 0. The Labute approximate surface area is 133 Å². The van der Waals surface area contributed by atoms with E-state index in [1.807, 2.05) is 23.9 Å². The van der Waals surface area contributed by atoms with E-state index >= 15 is 0 Å². The second-order valence-electron chi connectivity index (χ2n) is 4.09. The standard InChI is InChI=1S/C13H10BrClN2S2/c14-8-1-3-9(4-2-8)19-7-12-16-11-6-18-5-10(11)13(15)17-12/h1-4H,5-7H2. The van der Waals surface area contributed by atoms with Crippen molar-refractivity contribution in [3.63, 3.8) is 0 Å². The van der Waals surface area contributed by atoms with E-state index in [9.17, 15) is 0 Å². The maximum atomic E-state index is 6.20. The molecule has 0 amide bonds. The first-order chi connectivity index (χ1) is 9.22. The van der Waals surface area contributed by atoms with Crippen LogP contribution in [0.15, 0.2) is 33.6 Å². The number of benzene rings is 1. The van der Waals surface area contributed by atoms with Gasteiger partial charge in [0.2, 0.25) is 0 Å². The minimum Gasteiger partial charge on any atom is -0.236 e. The van der Waals surface area contributed by atoms with Crippen molar-refractivity contribution in [2.75, 3.05) is 0 Å². The Morgan fingerprint density at radius 3 is 2.79 bits per heavy atom. The number of aromatic nitrogens is 2. The lowest BCUT2D eigenvalue weighted by Gasteiger charge is -2.05. The van der Waals surface area contributed by atoms with Crippen LogP contribution in [0.1, 0.15) is 17.1 Å². The summed E-state index contributed by atoms with van der Waals surface area (Å²) in [5.41, 5.74) is 2.22. The molecule has 2 heterocycles. The molecule has 0 atom stereocenters. The molecule has 0 fully saturated rings. The fourth-order valence-corrected chi connectivity index (χ4v) is 4.22. The summed E-state index contributed by atoms with van der Waals surface area (Å²) in [7, 11) is 0. The molecule has 1 aromatic heterocycles. The van der Waals surface area contributed by atoms with Crippen molar-refractivity contribution in [3.05, 3.63) is 51.0 Å². The quantitative estimate of drug-likeness (QED) is 0.562. The van der Waals surface area contributed by atoms with E-state index < -0.39 is 0 Å². The summed E-state index contributed by atoms with van der Waals surface area (Å²) >= 11 is 13.2. The van der Waals surface area contributed by atoms with Gasteiger partial charge in [0.25, 0.3) is 0 Å². The van der Waals surface area contributed by atoms with Gasteiger partial charge in [0.15, 0.2) is 0 Å². The van der Waals surface area contributed by atoms with Crippen LogP contribution in [-0.4, -0.2) is 9.97 Å². The molecule has 1 aromatic carbocycles. The Kier molecular flexibility index (Phi) is 4.37. The third-order valence-corrected chi connectivity index (χ3v) is 5.58. The molecular formula is C13H10BrClN2S2. The topological polar surface area (TPSA) is 25.8 Å². The molecule has 2 nitrogen and oxygen atoms in total. The number of hydrogen-bond acceptors (Lipinski definition) is 4. The maximum Gasteiger partial charge on any atom is 0.140 e. The first-order valence-corrected chi connectivity index (χ1v) is 9.04. The van der Waals surface area contributed by atoms with Gasteiger partial charge in [0.1, 0.15) is 11.0 Å². The molecule has 0 N–H and O–H groups in total. The van der Waals surface area contributed by atoms with Crippen LogP contribution in [0.25, 0.3) is 0 Å². The summed E-state index contributed by atoms with van der Waals surface area (Å²) < 4.78 is 1.09. The molecule has 6 heteroatoms. The zero-order valence-electron chi connectivity index (χ0n) is 9.90. The Bertz CT molecular complexity index is 604. The largest absolute Gasteiger partial charge is 0.236 e. The molecule has 3 rings (SSSR count). The first-order valence-electron chi connectivity index (χ1n) is 5.72. The van der Waals surface area contributed by atoms with E-state index in [2.05, 4.69) is 38.0 Å². The van der Waals surface area contributed by atoms with Gasteiger partial charge in [-0.2, -0.15) is 11.8 Å². The van der Waals surface area contributed by atoms with Gasteiger partial charge in [-0.25, -0.2) is 9.97 Å². The Hall–Kier alpha value is -0.230. The predicted octanol–water partition coefficient (Wildman–Crippen LogP) is 4.93. The van der Waals surface area contributed by atoms with Crippen LogP contribution < -0.4 is 0 Å². The van der Waals surface area contributed by atoms with Crippen molar-refractivity contribution in [1.82, 2.24) is 9.97 Å². The number of thioether (sulfide) groups is 2.